The van der Waals surface area contributed by atoms with E-state index in [1.807, 2.05) is 0 Å². The summed E-state index contributed by atoms with van der Waals surface area (Å²) in [5, 5.41) is 2.82. The molecule has 6 nitrogen and oxygen atoms in total. The van der Waals surface area contributed by atoms with E-state index in [0.29, 0.717) is 13.1 Å². The maximum absolute atomic E-state index is 13.1. The summed E-state index contributed by atoms with van der Waals surface area (Å²) < 4.78 is 45.8. The molecule has 2 aromatic carbocycles. The Morgan fingerprint density at radius 3 is 2.38 bits per heavy atom. The molecule has 2 aromatic rings. The van der Waals surface area contributed by atoms with Gasteiger partial charge in [-0.1, -0.05) is 18.6 Å². The SMILES string of the molecule is COc1ccc(S(=O)(=O)N2CCCCC2)cc1C(=O)N[C@H](C)c1ccc(F)cc1. The van der Waals surface area contributed by atoms with E-state index < -0.39 is 22.0 Å². The Balaban J connectivity index is 1.86. The smallest absolute Gasteiger partial charge is 0.255 e. The average Bonchev–Trinajstić information content (AvgIpc) is 2.74. The number of piperidine rings is 1. The van der Waals surface area contributed by atoms with Gasteiger partial charge in [0.1, 0.15) is 11.6 Å². The third kappa shape index (κ3) is 4.76. The van der Waals surface area contributed by atoms with Crippen molar-refractivity contribution in [1.29, 1.82) is 0 Å². The molecule has 1 N–H and O–H groups in total. The van der Waals surface area contributed by atoms with Crippen molar-refractivity contribution in [3.8, 4) is 5.75 Å². The second-order valence-corrected chi connectivity index (χ2v) is 9.01. The molecule has 1 heterocycles. The van der Waals surface area contributed by atoms with Gasteiger partial charge in [-0.25, -0.2) is 12.8 Å². The fourth-order valence-corrected chi connectivity index (χ4v) is 4.93. The minimum Gasteiger partial charge on any atom is -0.496 e. The summed E-state index contributed by atoms with van der Waals surface area (Å²) in [5.74, 6) is -0.537. The molecule has 1 fully saturated rings. The molecule has 1 aliphatic heterocycles. The van der Waals surface area contributed by atoms with Crippen LogP contribution in [0.4, 0.5) is 4.39 Å². The Morgan fingerprint density at radius 2 is 1.76 bits per heavy atom. The van der Waals surface area contributed by atoms with Crippen LogP contribution in [0.15, 0.2) is 47.4 Å². The van der Waals surface area contributed by atoms with Crippen molar-refractivity contribution >= 4 is 15.9 Å². The van der Waals surface area contributed by atoms with Gasteiger partial charge in [0, 0.05) is 13.1 Å². The predicted octanol–water partition coefficient (Wildman–Crippen LogP) is 3.50. The molecular formula is C21H25FN2O4S. The number of rotatable bonds is 6. The molecule has 0 spiro atoms. The third-order valence-electron chi connectivity index (χ3n) is 5.09. The van der Waals surface area contributed by atoms with E-state index in [1.54, 1.807) is 19.1 Å². The highest BCUT2D eigenvalue weighted by atomic mass is 32.2. The number of hydrogen-bond acceptors (Lipinski definition) is 4. The largest absolute Gasteiger partial charge is 0.496 e. The van der Waals surface area contributed by atoms with Gasteiger partial charge in [-0.2, -0.15) is 4.31 Å². The van der Waals surface area contributed by atoms with Crippen molar-refractivity contribution in [1.82, 2.24) is 9.62 Å². The molecule has 1 saturated heterocycles. The monoisotopic (exact) mass is 420 g/mol. The first kappa shape index (κ1) is 21.3. The Hall–Kier alpha value is -2.45. The van der Waals surface area contributed by atoms with Crippen molar-refractivity contribution in [3.63, 3.8) is 0 Å². The van der Waals surface area contributed by atoms with Gasteiger partial charge in [-0.15, -0.1) is 0 Å². The minimum atomic E-state index is -3.67. The molecule has 1 atom stereocenters. The molecule has 0 bridgehead atoms. The van der Waals surface area contributed by atoms with Crippen molar-refractivity contribution in [2.75, 3.05) is 20.2 Å². The molecule has 0 aliphatic carbocycles. The van der Waals surface area contributed by atoms with Crippen LogP contribution in [0.5, 0.6) is 5.75 Å². The molecule has 8 heteroatoms. The van der Waals surface area contributed by atoms with Gasteiger partial charge in [0.05, 0.1) is 23.6 Å². The van der Waals surface area contributed by atoms with Gasteiger partial charge in [0.15, 0.2) is 0 Å². The van der Waals surface area contributed by atoms with Gasteiger partial charge < -0.3 is 10.1 Å². The molecular weight excluding hydrogens is 395 g/mol. The summed E-state index contributed by atoms with van der Waals surface area (Å²) >= 11 is 0. The summed E-state index contributed by atoms with van der Waals surface area (Å²) in [5.41, 5.74) is 0.871. The fraction of sp³-hybridized carbons (Fsp3) is 0.381. The van der Waals surface area contributed by atoms with E-state index in [-0.39, 0.29) is 22.0 Å². The van der Waals surface area contributed by atoms with Crippen LogP contribution in [0, 0.1) is 5.82 Å². The number of nitrogens with zero attached hydrogens (tertiary/aromatic N) is 1. The van der Waals surface area contributed by atoms with Crippen molar-refractivity contribution in [2.45, 2.75) is 37.1 Å². The van der Waals surface area contributed by atoms with Crippen molar-refractivity contribution < 1.29 is 22.3 Å². The molecule has 3 rings (SSSR count). The number of sulfonamides is 1. The van der Waals surface area contributed by atoms with Gasteiger partial charge in [0.2, 0.25) is 10.0 Å². The maximum atomic E-state index is 13.1. The Morgan fingerprint density at radius 1 is 1.10 bits per heavy atom. The summed E-state index contributed by atoms with van der Waals surface area (Å²) in [6, 6.07) is 9.75. The predicted molar refractivity (Wildman–Crippen MR) is 108 cm³/mol. The van der Waals surface area contributed by atoms with Crippen LogP contribution in [0.25, 0.3) is 0 Å². The summed E-state index contributed by atoms with van der Waals surface area (Å²) in [6.07, 6.45) is 2.68. The van der Waals surface area contributed by atoms with E-state index in [1.165, 1.54) is 41.7 Å². The molecule has 1 aliphatic rings. The maximum Gasteiger partial charge on any atom is 0.255 e. The van der Waals surface area contributed by atoms with E-state index in [0.717, 1.165) is 24.8 Å². The number of halogens is 1. The second kappa shape index (κ2) is 8.92. The average molecular weight is 421 g/mol. The minimum absolute atomic E-state index is 0.0692. The quantitative estimate of drug-likeness (QED) is 0.776. The first-order valence-corrected chi connectivity index (χ1v) is 11.0. The number of ether oxygens (including phenoxy) is 1. The lowest BCUT2D eigenvalue weighted by molar-refractivity contribution is 0.0936. The number of benzene rings is 2. The Labute approximate surface area is 170 Å². The third-order valence-corrected chi connectivity index (χ3v) is 6.98. The van der Waals surface area contributed by atoms with Crippen LogP contribution in [-0.4, -0.2) is 38.8 Å². The van der Waals surface area contributed by atoms with E-state index in [9.17, 15) is 17.6 Å². The number of carbonyl (C=O) groups excluding carboxylic acids is 1. The number of hydrogen-bond donors (Lipinski definition) is 1. The van der Waals surface area contributed by atoms with Crippen LogP contribution in [0.1, 0.15) is 48.1 Å². The first-order valence-electron chi connectivity index (χ1n) is 9.57. The fourth-order valence-electron chi connectivity index (χ4n) is 3.39. The lowest BCUT2D eigenvalue weighted by Gasteiger charge is -2.26. The number of carbonyl (C=O) groups is 1. The van der Waals surface area contributed by atoms with Crippen LogP contribution < -0.4 is 10.1 Å². The highest BCUT2D eigenvalue weighted by Crippen LogP contribution is 2.27. The highest BCUT2D eigenvalue weighted by Gasteiger charge is 2.28. The van der Waals surface area contributed by atoms with Gasteiger partial charge in [-0.3, -0.25) is 4.79 Å². The van der Waals surface area contributed by atoms with Gasteiger partial charge >= 0.3 is 0 Å². The van der Waals surface area contributed by atoms with Gasteiger partial charge in [0.25, 0.3) is 5.91 Å². The first-order chi connectivity index (χ1) is 13.8. The van der Waals surface area contributed by atoms with E-state index >= 15 is 0 Å². The summed E-state index contributed by atoms with van der Waals surface area (Å²) in [6.45, 7) is 2.74. The number of amides is 1. The van der Waals surface area contributed by atoms with E-state index in [4.69, 9.17) is 4.74 Å². The lowest BCUT2D eigenvalue weighted by Crippen LogP contribution is -2.35. The lowest BCUT2D eigenvalue weighted by atomic mass is 10.1. The molecule has 0 radical (unpaired) electrons. The normalized spacial score (nSPS) is 16.2. The second-order valence-electron chi connectivity index (χ2n) is 7.07. The molecule has 29 heavy (non-hydrogen) atoms. The highest BCUT2D eigenvalue weighted by molar-refractivity contribution is 7.89. The van der Waals surface area contributed by atoms with Crippen molar-refractivity contribution in [3.05, 3.63) is 59.4 Å². The molecule has 156 valence electrons. The Bertz CT molecular complexity index is 971. The van der Waals surface area contributed by atoms with Crippen LogP contribution >= 0.6 is 0 Å². The summed E-state index contributed by atoms with van der Waals surface area (Å²) in [4.78, 5) is 12.9. The molecule has 1 amide bonds. The molecule has 0 unspecified atom stereocenters. The topological polar surface area (TPSA) is 75.7 Å². The molecule has 0 saturated carbocycles. The van der Waals surface area contributed by atoms with Crippen LogP contribution in [0.2, 0.25) is 0 Å². The standard InChI is InChI=1S/C21H25FN2O4S/c1-15(16-6-8-17(22)9-7-16)23-21(25)19-14-18(10-11-20(19)28-2)29(26,27)24-12-4-3-5-13-24/h6-11,14-15H,3-5,12-13H2,1-2H3,(H,23,25)/t15-/m1/s1. The van der Waals surface area contributed by atoms with E-state index in [2.05, 4.69) is 5.32 Å². The van der Waals surface area contributed by atoms with Crippen LogP contribution in [-0.2, 0) is 10.0 Å². The molecule has 0 aromatic heterocycles. The van der Waals surface area contributed by atoms with Crippen LogP contribution in [0.3, 0.4) is 0 Å². The van der Waals surface area contributed by atoms with Gasteiger partial charge in [-0.05, 0) is 55.7 Å². The number of methoxy groups -OCH3 is 1. The zero-order valence-corrected chi connectivity index (χ0v) is 17.3. The van der Waals surface area contributed by atoms with Crippen molar-refractivity contribution in [2.24, 2.45) is 0 Å². The Kier molecular flexibility index (Phi) is 6.54. The number of nitrogens with one attached hydrogen (secondary N) is 1. The zero-order valence-electron chi connectivity index (χ0n) is 16.5. The zero-order chi connectivity index (χ0) is 21.0. The summed E-state index contributed by atoms with van der Waals surface area (Å²) in [7, 11) is -2.25.